The van der Waals surface area contributed by atoms with Crippen molar-refractivity contribution in [2.24, 2.45) is 35.1 Å². The van der Waals surface area contributed by atoms with Crippen molar-refractivity contribution in [2.75, 3.05) is 79.7 Å². The number of alkyl carbamates (subject to hydrolysis) is 2. The van der Waals surface area contributed by atoms with E-state index in [-0.39, 0.29) is 107 Å². The van der Waals surface area contributed by atoms with Crippen LogP contribution in [0.25, 0.3) is 0 Å². The quantitative estimate of drug-likeness (QED) is 0.00888. The molecule has 706 valence electrons. The fraction of sp³-hybridized carbons (Fsp3) is 0.533. The number of amides is 9. The van der Waals surface area contributed by atoms with Crippen LogP contribution in [-0.2, 0) is 107 Å². The lowest BCUT2D eigenvalue weighted by Crippen LogP contribution is -2.56. The van der Waals surface area contributed by atoms with E-state index in [4.69, 9.17) is 30.8 Å². The molecule has 0 aromatic heterocycles. The van der Waals surface area contributed by atoms with Crippen LogP contribution in [0.1, 0.15) is 156 Å². The molecule has 33 nitrogen and oxygen atoms in total. The minimum atomic E-state index is -5.08. The molecule has 6 rings (SSSR count). The Morgan fingerprint density at radius 2 is 0.812 bits per heavy atom. The van der Waals surface area contributed by atoms with Crippen LogP contribution in [-0.4, -0.2) is 247 Å². The van der Waals surface area contributed by atoms with Crippen LogP contribution in [0.15, 0.2) is 146 Å². The molecule has 0 bridgehead atoms. The fourth-order valence-corrected chi connectivity index (χ4v) is 13.1. The largest absolute Gasteiger partial charge is 0.490 e. The maximum absolute atomic E-state index is 14.1. The number of nitrogens with two attached hydrogens (primary N) is 2. The molecule has 13 N–H and O–H groups in total. The number of carbonyl (C=O) groups is 15. The first-order chi connectivity index (χ1) is 60.3. The summed E-state index contributed by atoms with van der Waals surface area (Å²) in [6, 6.07) is 31.0. The molecule has 0 saturated carbocycles. The number of aliphatic carboxylic acids is 2. The summed E-state index contributed by atoms with van der Waals surface area (Å²) in [5.41, 5.74) is 13.9. The van der Waals surface area contributed by atoms with E-state index in [0.717, 1.165) is 53.6 Å². The van der Waals surface area contributed by atoms with Gasteiger partial charge < -0.3 is 92.5 Å². The van der Waals surface area contributed by atoms with Gasteiger partial charge in [0.1, 0.15) is 29.3 Å². The van der Waals surface area contributed by atoms with Crippen molar-refractivity contribution in [2.45, 2.75) is 213 Å². The summed E-state index contributed by atoms with van der Waals surface area (Å²) in [6.45, 7) is 22.8. The van der Waals surface area contributed by atoms with Crippen LogP contribution in [0, 0.1) is 23.7 Å². The predicted octanol–water partition coefficient (Wildman–Crippen LogP) is 7.44. The summed E-state index contributed by atoms with van der Waals surface area (Å²) in [7, 11) is 2.50. The summed E-state index contributed by atoms with van der Waals surface area (Å²) in [5, 5.41) is 36.8. The molecule has 2 aliphatic rings. The SMILES string of the molecule is CC(C)C[C@@H](CC(=O)[C@@H](Cc1ccccc1)NC(=O)[C@@H](Cc1ccccc1)NC(=O)OC(C)(C)C)C(=O)N[C@H](CCCCNC(=O)OC(C)(C)C)C(=O)O.COC(=O)/C=C/C(=O)N1CCN(C(=O)[C@@H](CCCCN)NC(=O)[C@H](CC(=O)[C@@H](Cc2ccccc2)NC(=O)[C@H](N)Cc2ccccc2)CC(C)C)CC1.COC(=O)/C=C/C(=O)N1CCNCC1.O=C(O)C(F)(F)F. The molecule has 2 saturated heterocycles. The number of halogens is 3. The first kappa shape index (κ1) is 110. The zero-order valence-corrected chi connectivity index (χ0v) is 75.4. The number of hydrogen-bond donors (Lipinski definition) is 11. The first-order valence-corrected chi connectivity index (χ1v) is 42.8. The molecular weight excluding hydrogens is 1670 g/mol. The third-order valence-electron chi connectivity index (χ3n) is 19.5. The second-order valence-electron chi connectivity index (χ2n) is 33.6. The third kappa shape index (κ3) is 46.5. The van der Waals surface area contributed by atoms with E-state index in [1.165, 1.54) is 25.2 Å². The van der Waals surface area contributed by atoms with Gasteiger partial charge in [0.15, 0.2) is 11.6 Å². The Bertz CT molecular complexity index is 4230. The van der Waals surface area contributed by atoms with E-state index in [2.05, 4.69) is 46.7 Å². The normalized spacial score (nSPS) is 14.7. The van der Waals surface area contributed by atoms with Gasteiger partial charge in [0.25, 0.3) is 0 Å². The van der Waals surface area contributed by atoms with Crippen molar-refractivity contribution < 1.29 is 114 Å². The summed E-state index contributed by atoms with van der Waals surface area (Å²) < 4.78 is 51.3. The summed E-state index contributed by atoms with van der Waals surface area (Å²) in [4.78, 5) is 193. The van der Waals surface area contributed by atoms with E-state index in [9.17, 15) is 85.4 Å². The molecule has 9 amide bonds. The van der Waals surface area contributed by atoms with Gasteiger partial charge in [0.05, 0.1) is 32.3 Å². The number of carboxylic acids is 2. The van der Waals surface area contributed by atoms with Crippen molar-refractivity contribution in [1.82, 2.24) is 51.9 Å². The number of nitrogens with one attached hydrogen (secondary N) is 7. The molecular formula is C92H131F3N12O21. The zero-order chi connectivity index (χ0) is 95.7. The molecule has 2 fully saturated rings. The smallest absolute Gasteiger partial charge is 0.480 e. The van der Waals surface area contributed by atoms with Crippen molar-refractivity contribution in [1.29, 1.82) is 0 Å². The average molecular weight is 1800 g/mol. The molecule has 0 aliphatic carbocycles. The Balaban J connectivity index is 0.000000536. The number of hydrogen-bond acceptors (Lipinski definition) is 22. The van der Waals surface area contributed by atoms with Crippen molar-refractivity contribution in [3.8, 4) is 0 Å². The molecule has 36 heteroatoms. The van der Waals surface area contributed by atoms with E-state index < -0.39 is 131 Å². The number of rotatable bonds is 42. The van der Waals surface area contributed by atoms with Crippen LogP contribution < -0.4 is 48.7 Å². The van der Waals surface area contributed by atoms with Gasteiger partial charge in [-0.25, -0.2) is 28.8 Å². The molecule has 4 aromatic carbocycles. The number of nitrogens with zero attached hydrogens (tertiary/aromatic N) is 3. The number of benzene rings is 4. The van der Waals surface area contributed by atoms with Gasteiger partial charge in [-0.2, -0.15) is 13.2 Å². The number of methoxy groups -OCH3 is 2. The molecule has 0 unspecified atom stereocenters. The van der Waals surface area contributed by atoms with Crippen molar-refractivity contribution in [3.63, 3.8) is 0 Å². The summed E-state index contributed by atoms with van der Waals surface area (Å²) in [5.74, 6) is -10.2. The van der Waals surface area contributed by atoms with Crippen LogP contribution in [0.2, 0.25) is 0 Å². The molecule has 4 aromatic rings. The second-order valence-corrected chi connectivity index (χ2v) is 33.6. The van der Waals surface area contributed by atoms with Gasteiger partial charge in [0.2, 0.25) is 41.4 Å². The number of unbranched alkanes of at least 4 members (excludes halogenated alkanes) is 2. The lowest BCUT2D eigenvalue weighted by Gasteiger charge is -2.36. The zero-order valence-electron chi connectivity index (χ0n) is 75.4. The first-order valence-electron chi connectivity index (χ1n) is 42.8. The fourth-order valence-electron chi connectivity index (χ4n) is 13.1. The lowest BCUT2D eigenvalue weighted by atomic mass is 9.88. The third-order valence-corrected chi connectivity index (χ3v) is 19.5. The van der Waals surface area contributed by atoms with Crippen LogP contribution in [0.5, 0.6) is 0 Å². The maximum Gasteiger partial charge on any atom is 0.490 e. The standard InChI is InChI=1S/C41H60N4O9.C40H56N6O7.C9H14N2O3.C2HF3O2/c1-27(2)23-30(35(47)43-31(37(49)50)21-15-16-22-42-38(51)53-40(3,4)5)26-34(46)32(24-28-17-11-9-12-18-28)44-36(48)33(25-29-19-13-10-14-20-29)45-39(52)54-41(6,7)8;1-28(2)24-31(27-35(47)34(26-30-14-8-5-9-15-30)44-39(51)32(42)25-29-12-6-4-7-13-29)38(50)43-33(16-10-11-19-41)40(52)46-22-20-45(21-23-46)36(48)17-18-37(49)53-3;1-14-9(13)3-2-8(12)11-6-4-10-5-7-11;3-2(4,5)1(6)7/h9-14,17-20,27,30-33H,15-16,21-26H2,1-8H3,(H,42,51)(H,43,47)(H,44,48)(H,45,52)(H,49,50);4-9,12-15,17-18,28,31-34H,10-11,16,19-27,41-42H2,1-3H3,(H,43,50)(H,44,51);2-3,10H,4-7H2,1H3;(H,6,7)/b;18-17+;3-2+;/t30-,31+,32+,33+;31-,32+,33+,34+;;/m00../s1. The summed E-state index contributed by atoms with van der Waals surface area (Å²) >= 11 is 0. The van der Waals surface area contributed by atoms with E-state index in [1.807, 2.05) is 149 Å². The average Bonchev–Trinajstić information content (AvgIpc) is 0.841. The molecule has 2 aliphatic heterocycles. The van der Waals surface area contributed by atoms with Gasteiger partial charge in [0, 0.05) is 114 Å². The highest BCUT2D eigenvalue weighted by atomic mass is 19.4. The molecule has 128 heavy (non-hydrogen) atoms. The maximum atomic E-state index is 14.1. The Kier molecular flexibility index (Phi) is 49.7. The topological polar surface area (TPSA) is 479 Å². The van der Waals surface area contributed by atoms with Gasteiger partial charge in [-0.05, 0) is 153 Å². The highest BCUT2D eigenvalue weighted by Gasteiger charge is 2.39. The van der Waals surface area contributed by atoms with Crippen LogP contribution in [0.4, 0.5) is 22.8 Å². The molecule has 0 spiro atoms. The minimum absolute atomic E-state index is 0.00815. The Morgan fingerprint density at radius 1 is 0.453 bits per heavy atom. The van der Waals surface area contributed by atoms with E-state index >= 15 is 0 Å². The van der Waals surface area contributed by atoms with Gasteiger partial charge >= 0.3 is 42.2 Å². The highest BCUT2D eigenvalue weighted by Crippen LogP contribution is 2.24. The highest BCUT2D eigenvalue weighted by molar-refractivity contribution is 5.98. The monoisotopic (exact) mass is 1800 g/mol. The molecule has 8 atom stereocenters. The lowest BCUT2D eigenvalue weighted by molar-refractivity contribution is -0.192. The number of ether oxygens (including phenoxy) is 4. The van der Waals surface area contributed by atoms with Crippen molar-refractivity contribution in [3.05, 3.63) is 168 Å². The number of carbonyl (C=O) groups excluding carboxylic acids is 13. The number of alkyl halides is 3. The van der Waals surface area contributed by atoms with E-state index in [1.54, 1.807) is 51.3 Å². The van der Waals surface area contributed by atoms with Gasteiger partial charge in [-0.15, -0.1) is 0 Å². The summed E-state index contributed by atoms with van der Waals surface area (Å²) in [6.07, 6.45) is 1.82. The van der Waals surface area contributed by atoms with Gasteiger partial charge in [-0.1, -0.05) is 149 Å². The van der Waals surface area contributed by atoms with Crippen LogP contribution in [0.3, 0.4) is 0 Å². The molecule has 0 radical (unpaired) electrons. The van der Waals surface area contributed by atoms with Gasteiger partial charge in [-0.3, -0.25) is 43.2 Å². The number of ketones is 2. The van der Waals surface area contributed by atoms with Crippen molar-refractivity contribution >= 4 is 89.0 Å². The Labute approximate surface area is 747 Å². The van der Waals surface area contributed by atoms with Crippen LogP contribution >= 0.6 is 0 Å². The molecule has 2 heterocycles. The van der Waals surface area contributed by atoms with E-state index in [0.29, 0.717) is 71.0 Å². The number of esters is 2. The number of Topliss-reactive ketones (excluding diaryl/α,β-unsaturated/α-hetero) is 2. The number of carboxylic acid groups (broad SMARTS) is 2. The second kappa shape index (κ2) is 57.7. The Morgan fingerprint density at radius 3 is 1.20 bits per heavy atom. The number of piperazine rings is 2. The minimum Gasteiger partial charge on any atom is -0.480 e. The predicted molar refractivity (Wildman–Crippen MR) is 472 cm³/mol. The Hall–Kier alpha value is -11.9.